The second-order valence-electron chi connectivity index (χ2n) is 4.28. The highest BCUT2D eigenvalue weighted by molar-refractivity contribution is 8.01. The van der Waals surface area contributed by atoms with Crippen LogP contribution in [-0.2, 0) is 9.53 Å². The SMILES string of the molecule is CC(SC1COC1)C(=O)Nc1c(N)cc(Cl)cc1Cl. The van der Waals surface area contributed by atoms with Crippen LogP contribution in [0, 0.1) is 0 Å². The fourth-order valence-corrected chi connectivity index (χ4v) is 3.26. The van der Waals surface area contributed by atoms with Crippen LogP contribution in [0.15, 0.2) is 12.1 Å². The molecular formula is C12H14Cl2N2O2S. The molecule has 7 heteroatoms. The second-order valence-corrected chi connectivity index (χ2v) is 6.77. The van der Waals surface area contributed by atoms with Crippen molar-refractivity contribution < 1.29 is 9.53 Å². The highest BCUT2D eigenvalue weighted by Gasteiger charge is 2.25. The van der Waals surface area contributed by atoms with Crippen LogP contribution >= 0.6 is 35.0 Å². The lowest BCUT2D eigenvalue weighted by atomic mass is 10.2. The number of halogens is 2. The molecule has 0 aliphatic carbocycles. The molecule has 0 bridgehead atoms. The van der Waals surface area contributed by atoms with Crippen molar-refractivity contribution >= 4 is 52.2 Å². The topological polar surface area (TPSA) is 64.3 Å². The lowest BCUT2D eigenvalue weighted by Gasteiger charge is -2.27. The van der Waals surface area contributed by atoms with E-state index in [9.17, 15) is 4.79 Å². The zero-order valence-electron chi connectivity index (χ0n) is 10.3. The molecule has 0 radical (unpaired) electrons. The van der Waals surface area contributed by atoms with E-state index < -0.39 is 0 Å². The first-order chi connectivity index (χ1) is 8.97. The minimum absolute atomic E-state index is 0.132. The molecule has 1 atom stereocenters. The average Bonchev–Trinajstić information content (AvgIpc) is 2.27. The monoisotopic (exact) mass is 320 g/mol. The average molecular weight is 321 g/mol. The van der Waals surface area contributed by atoms with Gasteiger partial charge in [0, 0.05) is 5.02 Å². The van der Waals surface area contributed by atoms with E-state index >= 15 is 0 Å². The first kappa shape index (κ1) is 14.8. The number of nitrogens with two attached hydrogens (primary N) is 1. The molecule has 104 valence electrons. The summed E-state index contributed by atoms with van der Waals surface area (Å²) in [5, 5.41) is 3.71. The Bertz CT molecular complexity index is 472. The van der Waals surface area contributed by atoms with Crippen LogP contribution in [0.3, 0.4) is 0 Å². The van der Waals surface area contributed by atoms with Crippen molar-refractivity contribution in [1.82, 2.24) is 0 Å². The normalized spacial score (nSPS) is 16.8. The number of hydrogen-bond donors (Lipinski definition) is 2. The number of nitrogen functional groups attached to an aromatic ring is 1. The molecule has 0 spiro atoms. The molecule has 3 N–H and O–H groups in total. The van der Waals surface area contributed by atoms with Gasteiger partial charge in [0.25, 0.3) is 0 Å². The molecule has 1 amide bonds. The molecule has 0 saturated carbocycles. The summed E-state index contributed by atoms with van der Waals surface area (Å²) in [5.74, 6) is -0.132. The standard InChI is InChI=1S/C12H14Cl2N2O2S/c1-6(19-8-4-18-5-8)12(17)16-11-9(14)2-7(13)3-10(11)15/h2-3,6,8H,4-5,15H2,1H3,(H,16,17). The summed E-state index contributed by atoms with van der Waals surface area (Å²) in [6.07, 6.45) is 0. The van der Waals surface area contributed by atoms with E-state index in [4.69, 9.17) is 33.7 Å². The predicted octanol–water partition coefficient (Wildman–Crippen LogP) is 3.03. The number of rotatable bonds is 4. The molecule has 1 saturated heterocycles. The Balaban J connectivity index is 2.01. The molecule has 4 nitrogen and oxygen atoms in total. The van der Waals surface area contributed by atoms with Gasteiger partial charge in [-0.1, -0.05) is 23.2 Å². The highest BCUT2D eigenvalue weighted by atomic mass is 35.5. The number of carbonyl (C=O) groups excluding carboxylic acids is 1. The third-order valence-electron chi connectivity index (χ3n) is 2.71. The van der Waals surface area contributed by atoms with E-state index in [2.05, 4.69) is 5.32 Å². The van der Waals surface area contributed by atoms with Gasteiger partial charge in [-0.25, -0.2) is 0 Å². The van der Waals surface area contributed by atoms with E-state index in [0.29, 0.717) is 39.9 Å². The van der Waals surface area contributed by atoms with Crippen molar-refractivity contribution in [2.45, 2.75) is 17.4 Å². The molecule has 1 aliphatic heterocycles. The number of nitrogens with one attached hydrogen (secondary N) is 1. The van der Waals surface area contributed by atoms with Crippen molar-refractivity contribution in [3.8, 4) is 0 Å². The van der Waals surface area contributed by atoms with Crippen LogP contribution in [0.1, 0.15) is 6.92 Å². The number of benzene rings is 1. The van der Waals surface area contributed by atoms with Gasteiger partial charge < -0.3 is 15.8 Å². The Morgan fingerprint density at radius 1 is 1.53 bits per heavy atom. The van der Waals surface area contributed by atoms with Gasteiger partial charge in [-0.3, -0.25) is 4.79 Å². The summed E-state index contributed by atoms with van der Waals surface area (Å²) in [7, 11) is 0. The molecule has 1 aliphatic rings. The van der Waals surface area contributed by atoms with E-state index in [-0.39, 0.29) is 11.2 Å². The molecule has 1 unspecified atom stereocenters. The van der Waals surface area contributed by atoms with Crippen LogP contribution in [0.4, 0.5) is 11.4 Å². The van der Waals surface area contributed by atoms with E-state index in [1.54, 1.807) is 23.9 Å². The smallest absolute Gasteiger partial charge is 0.237 e. The number of ether oxygens (including phenoxy) is 1. The Morgan fingerprint density at radius 2 is 2.21 bits per heavy atom. The van der Waals surface area contributed by atoms with E-state index in [0.717, 1.165) is 0 Å². The Hall–Kier alpha value is -0.620. The minimum atomic E-state index is -0.194. The van der Waals surface area contributed by atoms with Gasteiger partial charge >= 0.3 is 0 Å². The summed E-state index contributed by atoms with van der Waals surface area (Å²) in [6.45, 7) is 3.25. The summed E-state index contributed by atoms with van der Waals surface area (Å²) < 4.78 is 5.08. The largest absolute Gasteiger partial charge is 0.397 e. The molecule has 1 aromatic rings. The van der Waals surface area contributed by atoms with Crippen LogP contribution in [0.2, 0.25) is 10.0 Å². The summed E-state index contributed by atoms with van der Waals surface area (Å²) in [6, 6.07) is 3.10. The molecule has 2 rings (SSSR count). The number of amides is 1. The Kier molecular flexibility index (Phi) is 4.84. The second kappa shape index (κ2) is 6.22. The number of hydrogen-bond acceptors (Lipinski definition) is 4. The van der Waals surface area contributed by atoms with Gasteiger partial charge in [0.15, 0.2) is 0 Å². The number of carbonyl (C=O) groups is 1. The van der Waals surface area contributed by atoms with Crippen LogP contribution in [-0.4, -0.2) is 29.6 Å². The van der Waals surface area contributed by atoms with Gasteiger partial charge in [0.2, 0.25) is 5.91 Å². The van der Waals surface area contributed by atoms with Crippen molar-refractivity contribution in [3.63, 3.8) is 0 Å². The quantitative estimate of drug-likeness (QED) is 0.837. The van der Waals surface area contributed by atoms with Crippen molar-refractivity contribution in [3.05, 3.63) is 22.2 Å². The maximum absolute atomic E-state index is 12.1. The lowest BCUT2D eigenvalue weighted by Crippen LogP contribution is -2.35. The number of anilines is 2. The van der Waals surface area contributed by atoms with Gasteiger partial charge in [-0.2, -0.15) is 0 Å². The fraction of sp³-hybridized carbons (Fsp3) is 0.417. The lowest BCUT2D eigenvalue weighted by molar-refractivity contribution is -0.115. The van der Waals surface area contributed by atoms with Gasteiger partial charge in [0.1, 0.15) is 0 Å². The maximum Gasteiger partial charge on any atom is 0.237 e. The Labute approximate surface area is 126 Å². The fourth-order valence-electron chi connectivity index (χ4n) is 1.59. The van der Waals surface area contributed by atoms with Crippen LogP contribution < -0.4 is 11.1 Å². The number of thioether (sulfide) groups is 1. The molecular weight excluding hydrogens is 307 g/mol. The molecule has 0 aromatic heterocycles. The van der Waals surface area contributed by atoms with Crippen LogP contribution in [0.5, 0.6) is 0 Å². The minimum Gasteiger partial charge on any atom is -0.397 e. The third kappa shape index (κ3) is 3.69. The molecule has 1 aromatic carbocycles. The first-order valence-corrected chi connectivity index (χ1v) is 7.46. The van der Waals surface area contributed by atoms with Gasteiger partial charge in [-0.05, 0) is 19.1 Å². The molecule has 1 fully saturated rings. The van der Waals surface area contributed by atoms with Crippen molar-refractivity contribution in [1.29, 1.82) is 0 Å². The zero-order valence-corrected chi connectivity index (χ0v) is 12.6. The van der Waals surface area contributed by atoms with Crippen molar-refractivity contribution in [2.24, 2.45) is 0 Å². The summed E-state index contributed by atoms with van der Waals surface area (Å²) in [4.78, 5) is 12.1. The Morgan fingerprint density at radius 3 is 2.74 bits per heavy atom. The third-order valence-corrected chi connectivity index (χ3v) is 4.50. The van der Waals surface area contributed by atoms with Gasteiger partial charge in [0.05, 0.1) is 40.1 Å². The highest BCUT2D eigenvalue weighted by Crippen LogP contribution is 2.33. The summed E-state index contributed by atoms with van der Waals surface area (Å²) in [5.41, 5.74) is 6.57. The predicted molar refractivity (Wildman–Crippen MR) is 81.2 cm³/mol. The van der Waals surface area contributed by atoms with E-state index in [1.165, 1.54) is 0 Å². The molecule has 1 heterocycles. The maximum atomic E-state index is 12.1. The zero-order chi connectivity index (χ0) is 14.0. The molecule has 19 heavy (non-hydrogen) atoms. The van der Waals surface area contributed by atoms with Crippen LogP contribution in [0.25, 0.3) is 0 Å². The van der Waals surface area contributed by atoms with Crippen molar-refractivity contribution in [2.75, 3.05) is 24.3 Å². The van der Waals surface area contributed by atoms with E-state index in [1.807, 2.05) is 6.92 Å². The first-order valence-electron chi connectivity index (χ1n) is 5.76. The summed E-state index contributed by atoms with van der Waals surface area (Å²) >= 11 is 13.4. The van der Waals surface area contributed by atoms with Gasteiger partial charge in [-0.15, -0.1) is 11.8 Å².